The van der Waals surface area contributed by atoms with Crippen molar-refractivity contribution in [3.8, 4) is 0 Å². The molecule has 0 atom stereocenters. The summed E-state index contributed by atoms with van der Waals surface area (Å²) in [5.74, 6) is 0.379. The molecule has 1 N–H and O–H groups in total. The van der Waals surface area contributed by atoms with Crippen LogP contribution < -0.4 is 5.43 Å². The summed E-state index contributed by atoms with van der Waals surface area (Å²) in [4.78, 5) is 4.64. The standard InChI is InChI=1S/C19H17BrN6/c1-2-10-26-16-9-8-14(20)11-15(16)17-18(26)22-19(25-23-17)24-21-12-13-6-4-3-5-7-13/h3-9,11-12H,2,10H2,1H3,(H,22,24,25)/b21-12+. The van der Waals surface area contributed by atoms with Crippen molar-refractivity contribution in [2.75, 3.05) is 5.43 Å². The monoisotopic (exact) mass is 408 g/mol. The summed E-state index contributed by atoms with van der Waals surface area (Å²) in [6, 6.07) is 16.0. The van der Waals surface area contributed by atoms with Crippen molar-refractivity contribution in [1.82, 2.24) is 19.7 Å². The fraction of sp³-hybridized carbons (Fsp3) is 0.158. The maximum atomic E-state index is 4.64. The van der Waals surface area contributed by atoms with Gasteiger partial charge in [-0.2, -0.15) is 10.1 Å². The Hall–Kier alpha value is -2.80. The molecule has 0 aliphatic rings. The molecule has 0 spiro atoms. The van der Waals surface area contributed by atoms with E-state index in [1.54, 1.807) is 6.21 Å². The van der Waals surface area contributed by atoms with Gasteiger partial charge >= 0.3 is 0 Å². The summed E-state index contributed by atoms with van der Waals surface area (Å²) in [7, 11) is 0. The number of anilines is 1. The Morgan fingerprint density at radius 1 is 1.15 bits per heavy atom. The van der Waals surface area contributed by atoms with Crippen molar-refractivity contribution in [2.45, 2.75) is 19.9 Å². The molecule has 4 rings (SSSR count). The second kappa shape index (κ2) is 7.21. The van der Waals surface area contributed by atoms with E-state index in [1.807, 2.05) is 36.4 Å². The van der Waals surface area contributed by atoms with Gasteiger partial charge in [-0.05, 0) is 30.2 Å². The zero-order valence-corrected chi connectivity index (χ0v) is 15.8. The largest absolute Gasteiger partial charge is 0.324 e. The highest BCUT2D eigenvalue weighted by molar-refractivity contribution is 9.10. The molecule has 0 amide bonds. The summed E-state index contributed by atoms with van der Waals surface area (Å²) < 4.78 is 3.19. The fourth-order valence-corrected chi connectivity index (χ4v) is 3.29. The highest BCUT2D eigenvalue weighted by Gasteiger charge is 2.14. The van der Waals surface area contributed by atoms with E-state index in [1.165, 1.54) is 0 Å². The molecule has 0 radical (unpaired) electrons. The Balaban J connectivity index is 1.73. The van der Waals surface area contributed by atoms with Gasteiger partial charge in [-0.3, -0.25) is 0 Å². The number of hydrazone groups is 1. The molecule has 6 nitrogen and oxygen atoms in total. The van der Waals surface area contributed by atoms with Gasteiger partial charge in [0.15, 0.2) is 5.65 Å². The first kappa shape index (κ1) is 16.7. The minimum Gasteiger partial charge on any atom is -0.324 e. The summed E-state index contributed by atoms with van der Waals surface area (Å²) in [5, 5.41) is 13.8. The van der Waals surface area contributed by atoms with Crippen LogP contribution in [0.4, 0.5) is 5.95 Å². The molecule has 0 saturated carbocycles. The molecule has 4 aromatic rings. The zero-order chi connectivity index (χ0) is 17.9. The maximum Gasteiger partial charge on any atom is 0.265 e. The lowest BCUT2D eigenvalue weighted by atomic mass is 10.2. The van der Waals surface area contributed by atoms with E-state index in [4.69, 9.17) is 0 Å². The molecular formula is C19H17BrN6. The van der Waals surface area contributed by atoms with Gasteiger partial charge in [0.1, 0.15) is 5.52 Å². The van der Waals surface area contributed by atoms with Crippen LogP contribution in [0.1, 0.15) is 18.9 Å². The van der Waals surface area contributed by atoms with Crippen molar-refractivity contribution in [3.63, 3.8) is 0 Å². The van der Waals surface area contributed by atoms with Gasteiger partial charge in [0, 0.05) is 16.4 Å². The molecule has 130 valence electrons. The Morgan fingerprint density at radius 3 is 2.81 bits per heavy atom. The summed E-state index contributed by atoms with van der Waals surface area (Å²) in [6.45, 7) is 3.02. The van der Waals surface area contributed by atoms with E-state index < -0.39 is 0 Å². The molecule has 0 fully saturated rings. The van der Waals surface area contributed by atoms with E-state index >= 15 is 0 Å². The van der Waals surface area contributed by atoms with Gasteiger partial charge in [0.05, 0.1) is 11.7 Å². The van der Waals surface area contributed by atoms with Crippen LogP contribution in [-0.4, -0.2) is 26.0 Å². The average Bonchev–Trinajstić information content (AvgIpc) is 2.96. The number of halogens is 1. The minimum atomic E-state index is 0.379. The van der Waals surface area contributed by atoms with Gasteiger partial charge in [-0.1, -0.05) is 53.2 Å². The number of benzene rings is 2. The van der Waals surface area contributed by atoms with E-state index in [-0.39, 0.29) is 0 Å². The second-order valence-corrected chi connectivity index (χ2v) is 6.82. The zero-order valence-electron chi connectivity index (χ0n) is 14.2. The molecular weight excluding hydrogens is 392 g/mol. The van der Waals surface area contributed by atoms with Crippen molar-refractivity contribution < 1.29 is 0 Å². The van der Waals surface area contributed by atoms with Crippen LogP contribution in [0.2, 0.25) is 0 Å². The third-order valence-corrected chi connectivity index (χ3v) is 4.55. The first-order valence-corrected chi connectivity index (χ1v) is 9.22. The van der Waals surface area contributed by atoms with Crippen molar-refractivity contribution in [2.24, 2.45) is 5.10 Å². The van der Waals surface area contributed by atoms with E-state index in [2.05, 4.69) is 65.3 Å². The third kappa shape index (κ3) is 3.17. The van der Waals surface area contributed by atoms with Gasteiger partial charge in [0.25, 0.3) is 5.95 Å². The lowest BCUT2D eigenvalue weighted by molar-refractivity contribution is 0.716. The van der Waals surface area contributed by atoms with Gasteiger partial charge in [-0.25, -0.2) is 5.43 Å². The molecule has 2 aromatic heterocycles. The molecule has 0 aliphatic heterocycles. The SMILES string of the molecule is CCCn1c2ccc(Br)cc2c2nnc(N/N=C/c3ccccc3)nc21. The molecule has 0 aliphatic carbocycles. The highest BCUT2D eigenvalue weighted by atomic mass is 79.9. The van der Waals surface area contributed by atoms with Crippen LogP contribution in [0.15, 0.2) is 58.1 Å². The molecule has 0 saturated heterocycles. The van der Waals surface area contributed by atoms with Crippen LogP contribution in [0.5, 0.6) is 0 Å². The van der Waals surface area contributed by atoms with Gasteiger partial charge in [-0.15, -0.1) is 10.2 Å². The average molecular weight is 409 g/mol. The number of nitrogens with one attached hydrogen (secondary N) is 1. The number of aryl methyl sites for hydroxylation is 1. The molecule has 0 bridgehead atoms. The van der Waals surface area contributed by atoms with Crippen molar-refractivity contribution in [1.29, 1.82) is 0 Å². The predicted molar refractivity (Wildman–Crippen MR) is 108 cm³/mol. The number of aromatic nitrogens is 4. The van der Waals surface area contributed by atoms with Crippen LogP contribution in [-0.2, 0) is 6.54 Å². The van der Waals surface area contributed by atoms with Gasteiger partial charge < -0.3 is 4.57 Å². The summed E-state index contributed by atoms with van der Waals surface area (Å²) in [6.07, 6.45) is 2.74. The Bertz CT molecular complexity index is 1090. The molecule has 7 heteroatoms. The maximum absolute atomic E-state index is 4.64. The quantitative estimate of drug-likeness (QED) is 0.387. The van der Waals surface area contributed by atoms with E-state index in [0.29, 0.717) is 5.95 Å². The van der Waals surface area contributed by atoms with Crippen molar-refractivity contribution in [3.05, 3.63) is 58.6 Å². The summed E-state index contributed by atoms with van der Waals surface area (Å²) in [5.41, 5.74) is 6.59. The highest BCUT2D eigenvalue weighted by Crippen LogP contribution is 2.29. The smallest absolute Gasteiger partial charge is 0.265 e. The lowest BCUT2D eigenvalue weighted by Crippen LogP contribution is -2.03. The third-order valence-electron chi connectivity index (χ3n) is 4.05. The minimum absolute atomic E-state index is 0.379. The summed E-state index contributed by atoms with van der Waals surface area (Å²) >= 11 is 3.53. The molecule has 0 unspecified atom stereocenters. The Morgan fingerprint density at radius 2 is 2.00 bits per heavy atom. The van der Waals surface area contributed by atoms with E-state index in [0.717, 1.165) is 45.1 Å². The van der Waals surface area contributed by atoms with Crippen LogP contribution >= 0.6 is 15.9 Å². The molecule has 2 aromatic carbocycles. The molecule has 26 heavy (non-hydrogen) atoms. The lowest BCUT2D eigenvalue weighted by Gasteiger charge is -2.04. The van der Waals surface area contributed by atoms with Gasteiger partial charge in [0.2, 0.25) is 0 Å². The van der Waals surface area contributed by atoms with E-state index in [9.17, 15) is 0 Å². The van der Waals surface area contributed by atoms with Crippen LogP contribution in [0.25, 0.3) is 22.1 Å². The Kier molecular flexibility index (Phi) is 4.62. The number of fused-ring (bicyclic) bond motifs is 3. The topological polar surface area (TPSA) is 68.0 Å². The number of rotatable bonds is 5. The van der Waals surface area contributed by atoms with Crippen LogP contribution in [0, 0.1) is 0 Å². The fourth-order valence-electron chi connectivity index (χ4n) is 2.93. The Labute approximate surface area is 159 Å². The number of hydrogen-bond acceptors (Lipinski definition) is 5. The molecule has 2 heterocycles. The number of nitrogens with zero attached hydrogens (tertiary/aromatic N) is 5. The number of hydrogen-bond donors (Lipinski definition) is 1. The second-order valence-electron chi connectivity index (χ2n) is 5.90. The predicted octanol–water partition coefficient (Wildman–Crippen LogP) is 4.60. The first-order valence-electron chi connectivity index (χ1n) is 8.42. The normalized spacial score (nSPS) is 11.6. The van der Waals surface area contributed by atoms with Crippen molar-refractivity contribution >= 4 is 50.2 Å². The van der Waals surface area contributed by atoms with Crippen LogP contribution in [0.3, 0.4) is 0 Å². The first-order chi connectivity index (χ1) is 12.8.